The summed E-state index contributed by atoms with van der Waals surface area (Å²) in [4.78, 5) is 22.8. The predicted molar refractivity (Wildman–Crippen MR) is 104 cm³/mol. The van der Waals surface area contributed by atoms with Gasteiger partial charge < -0.3 is 15.4 Å². The normalized spacial score (nSPS) is 11.8. The second-order valence-corrected chi connectivity index (χ2v) is 7.88. The Labute approximate surface area is 159 Å². The molecule has 0 radical (unpaired) electrons. The van der Waals surface area contributed by atoms with Crippen molar-refractivity contribution in [1.82, 2.24) is 19.7 Å². The van der Waals surface area contributed by atoms with Gasteiger partial charge in [-0.1, -0.05) is 6.07 Å². The Hall–Kier alpha value is -3.50. The summed E-state index contributed by atoms with van der Waals surface area (Å²) in [6, 6.07) is 9.58. The highest BCUT2D eigenvalue weighted by Crippen LogP contribution is 2.31. The van der Waals surface area contributed by atoms with Gasteiger partial charge in [-0.3, -0.25) is 4.98 Å². The van der Waals surface area contributed by atoms with Crippen LogP contribution in [0.25, 0.3) is 21.8 Å². The van der Waals surface area contributed by atoms with Crippen LogP contribution in [0.2, 0.25) is 0 Å². The van der Waals surface area contributed by atoms with Crippen molar-refractivity contribution in [3.63, 3.8) is 0 Å². The van der Waals surface area contributed by atoms with Crippen molar-refractivity contribution >= 4 is 49.3 Å². The monoisotopic (exact) mass is 397 g/mol. The number of sulfonamides is 1. The average molecular weight is 397 g/mol. The topological polar surface area (TPSA) is 137 Å². The molecule has 0 bridgehead atoms. The number of H-pyrrole nitrogens is 1. The Balaban J connectivity index is 1.87. The standard InChI is InChI=1S/C18H15N5O4S/c1-19-28(26,27)11-4-2-3-10(7-11)21-17-14-9-20-6-5-12(14)13-8-15(18(24)25)22-16(13)23-17/h2-9,19H,1H3,(H,24,25)(H2,21,22,23). The smallest absolute Gasteiger partial charge is 0.352 e. The molecule has 0 unspecified atom stereocenters. The predicted octanol–water partition coefficient (Wildman–Crippen LogP) is 2.46. The molecule has 3 aromatic heterocycles. The Morgan fingerprint density at radius 2 is 1.96 bits per heavy atom. The highest BCUT2D eigenvalue weighted by molar-refractivity contribution is 7.89. The van der Waals surface area contributed by atoms with Gasteiger partial charge in [0, 0.05) is 28.9 Å². The van der Waals surface area contributed by atoms with Crippen LogP contribution in [0.3, 0.4) is 0 Å². The van der Waals surface area contributed by atoms with Gasteiger partial charge in [-0.2, -0.15) is 0 Å². The molecule has 4 N–H and O–H groups in total. The lowest BCUT2D eigenvalue weighted by atomic mass is 10.1. The number of carbonyl (C=O) groups is 1. The number of fused-ring (bicyclic) bond motifs is 3. The molecule has 0 aliphatic rings. The van der Waals surface area contributed by atoms with E-state index < -0.39 is 16.0 Å². The van der Waals surface area contributed by atoms with E-state index in [-0.39, 0.29) is 10.6 Å². The van der Waals surface area contributed by atoms with Crippen molar-refractivity contribution in [2.24, 2.45) is 0 Å². The van der Waals surface area contributed by atoms with Crippen molar-refractivity contribution in [1.29, 1.82) is 0 Å². The van der Waals surface area contributed by atoms with Gasteiger partial charge in [-0.25, -0.2) is 22.9 Å². The molecule has 0 aliphatic carbocycles. The first-order chi connectivity index (χ1) is 13.4. The van der Waals surface area contributed by atoms with Gasteiger partial charge in [-0.15, -0.1) is 0 Å². The largest absolute Gasteiger partial charge is 0.477 e. The van der Waals surface area contributed by atoms with Gasteiger partial charge in [0.15, 0.2) is 0 Å². The van der Waals surface area contributed by atoms with Gasteiger partial charge in [0.25, 0.3) is 0 Å². The summed E-state index contributed by atoms with van der Waals surface area (Å²) in [5.74, 6) is -0.659. The number of aromatic amines is 1. The van der Waals surface area contributed by atoms with E-state index in [1.165, 1.54) is 25.2 Å². The number of aromatic nitrogens is 3. The Bertz CT molecular complexity index is 1330. The number of carboxylic acid groups (broad SMARTS) is 1. The van der Waals surface area contributed by atoms with Crippen LogP contribution in [0.4, 0.5) is 11.5 Å². The molecule has 4 rings (SSSR count). The molecule has 0 spiro atoms. The third-order valence-electron chi connectivity index (χ3n) is 4.29. The maximum Gasteiger partial charge on any atom is 0.352 e. The first-order valence-corrected chi connectivity index (χ1v) is 9.68. The van der Waals surface area contributed by atoms with Crippen LogP contribution < -0.4 is 10.0 Å². The first kappa shape index (κ1) is 17.9. The second kappa shape index (κ2) is 6.59. The molecular weight excluding hydrogens is 382 g/mol. The van der Waals surface area contributed by atoms with Crippen molar-refractivity contribution in [2.75, 3.05) is 12.4 Å². The van der Waals surface area contributed by atoms with Gasteiger partial charge in [-0.05, 0) is 42.8 Å². The molecule has 0 saturated heterocycles. The number of rotatable bonds is 5. The van der Waals surface area contributed by atoms with Gasteiger partial charge in [0.05, 0.1) is 4.90 Å². The molecule has 4 aromatic rings. The van der Waals surface area contributed by atoms with Gasteiger partial charge in [0.2, 0.25) is 10.0 Å². The average Bonchev–Trinajstić information content (AvgIpc) is 3.13. The molecule has 0 aliphatic heterocycles. The highest BCUT2D eigenvalue weighted by Gasteiger charge is 2.16. The molecular formula is C18H15N5O4S. The number of nitrogens with zero attached hydrogens (tertiary/aromatic N) is 2. The molecule has 0 fully saturated rings. The fourth-order valence-electron chi connectivity index (χ4n) is 2.93. The molecule has 10 heteroatoms. The summed E-state index contributed by atoms with van der Waals surface area (Å²) in [6.45, 7) is 0. The molecule has 0 amide bonds. The SMILES string of the molecule is CNS(=O)(=O)c1cccc(Nc2nc3[nH]c(C(=O)O)cc3c3ccncc23)c1. The third-order valence-corrected chi connectivity index (χ3v) is 5.71. The molecule has 0 saturated carbocycles. The number of anilines is 2. The second-order valence-electron chi connectivity index (χ2n) is 5.99. The highest BCUT2D eigenvalue weighted by atomic mass is 32.2. The summed E-state index contributed by atoms with van der Waals surface area (Å²) in [7, 11) is -2.25. The number of hydrogen-bond donors (Lipinski definition) is 4. The zero-order valence-corrected chi connectivity index (χ0v) is 15.4. The van der Waals surface area contributed by atoms with E-state index in [1.54, 1.807) is 30.6 Å². The van der Waals surface area contributed by atoms with Crippen LogP contribution in [0, 0.1) is 0 Å². The third kappa shape index (κ3) is 3.04. The Kier molecular flexibility index (Phi) is 4.21. The number of benzene rings is 1. The van der Waals surface area contributed by atoms with Gasteiger partial charge in [0.1, 0.15) is 17.2 Å². The molecule has 3 heterocycles. The molecule has 28 heavy (non-hydrogen) atoms. The minimum Gasteiger partial charge on any atom is -0.477 e. The van der Waals surface area contributed by atoms with E-state index in [1.807, 2.05) is 0 Å². The van der Waals surface area contributed by atoms with E-state index >= 15 is 0 Å². The first-order valence-electron chi connectivity index (χ1n) is 8.19. The van der Waals surface area contributed by atoms with Crippen molar-refractivity contribution in [3.8, 4) is 0 Å². The zero-order chi connectivity index (χ0) is 19.9. The number of pyridine rings is 2. The lowest BCUT2D eigenvalue weighted by Gasteiger charge is -2.11. The number of nitrogens with one attached hydrogen (secondary N) is 3. The fraction of sp³-hybridized carbons (Fsp3) is 0.0556. The zero-order valence-electron chi connectivity index (χ0n) is 14.6. The summed E-state index contributed by atoms with van der Waals surface area (Å²) < 4.78 is 26.3. The molecule has 1 aromatic carbocycles. The van der Waals surface area contributed by atoms with Crippen LogP contribution in [-0.2, 0) is 10.0 Å². The van der Waals surface area contributed by atoms with E-state index in [0.29, 0.717) is 27.9 Å². The molecule has 0 atom stereocenters. The number of hydrogen-bond acceptors (Lipinski definition) is 6. The minimum absolute atomic E-state index is 0.0277. The minimum atomic E-state index is -3.59. The molecule has 9 nitrogen and oxygen atoms in total. The summed E-state index contributed by atoms with van der Waals surface area (Å²) in [5, 5.41) is 14.4. The lowest BCUT2D eigenvalue weighted by Crippen LogP contribution is -2.18. The van der Waals surface area contributed by atoms with Crippen LogP contribution in [0.5, 0.6) is 0 Å². The van der Waals surface area contributed by atoms with Gasteiger partial charge >= 0.3 is 5.97 Å². The lowest BCUT2D eigenvalue weighted by molar-refractivity contribution is 0.0691. The van der Waals surface area contributed by atoms with Crippen molar-refractivity contribution < 1.29 is 18.3 Å². The van der Waals surface area contributed by atoms with E-state index in [0.717, 1.165) is 5.39 Å². The maximum absolute atomic E-state index is 12.0. The Morgan fingerprint density at radius 1 is 1.14 bits per heavy atom. The van der Waals surface area contributed by atoms with E-state index in [4.69, 9.17) is 0 Å². The van der Waals surface area contributed by atoms with Crippen LogP contribution in [-0.4, -0.2) is 41.5 Å². The maximum atomic E-state index is 12.0. The van der Waals surface area contributed by atoms with E-state index in [9.17, 15) is 18.3 Å². The van der Waals surface area contributed by atoms with Crippen LogP contribution >= 0.6 is 0 Å². The van der Waals surface area contributed by atoms with Crippen molar-refractivity contribution in [3.05, 3.63) is 54.5 Å². The molecule has 142 valence electrons. The van der Waals surface area contributed by atoms with E-state index in [2.05, 4.69) is 25.0 Å². The quantitative estimate of drug-likeness (QED) is 0.406. The number of carboxylic acids is 1. The summed E-state index contributed by atoms with van der Waals surface area (Å²) in [5.41, 5.74) is 0.941. The van der Waals surface area contributed by atoms with Crippen LogP contribution in [0.15, 0.2) is 53.7 Å². The summed E-state index contributed by atoms with van der Waals surface area (Å²) in [6.07, 6.45) is 3.23. The summed E-state index contributed by atoms with van der Waals surface area (Å²) >= 11 is 0. The van der Waals surface area contributed by atoms with Crippen LogP contribution in [0.1, 0.15) is 10.5 Å². The Morgan fingerprint density at radius 3 is 2.71 bits per heavy atom. The number of aromatic carboxylic acids is 1. The van der Waals surface area contributed by atoms with Crippen molar-refractivity contribution in [2.45, 2.75) is 4.90 Å². The fourth-order valence-corrected chi connectivity index (χ4v) is 3.71.